The molecule has 0 aliphatic rings. The summed E-state index contributed by atoms with van der Waals surface area (Å²) in [6.45, 7) is 7.52. The second-order valence-corrected chi connectivity index (χ2v) is 6.62. The van der Waals surface area contributed by atoms with Crippen LogP contribution < -0.4 is 0 Å². The quantitative estimate of drug-likeness (QED) is 0.833. The van der Waals surface area contributed by atoms with E-state index < -0.39 is 0 Å². The third-order valence-corrected chi connectivity index (χ3v) is 3.29. The molecular weight excluding hydrogens is 244 g/mol. The van der Waals surface area contributed by atoms with E-state index in [-0.39, 0.29) is 5.41 Å². The van der Waals surface area contributed by atoms with Crippen molar-refractivity contribution in [2.45, 2.75) is 32.7 Å². The molecule has 1 aromatic heterocycles. The average molecular weight is 268 g/mol. The van der Waals surface area contributed by atoms with E-state index in [0.717, 1.165) is 12.2 Å². The fraction of sp³-hybridized carbons (Fsp3) is 0.389. The molecule has 0 aliphatic carbocycles. The highest BCUT2D eigenvalue weighted by molar-refractivity contribution is 5.63. The van der Waals surface area contributed by atoms with E-state index in [1.165, 1.54) is 16.7 Å². The zero-order valence-corrected chi connectivity index (χ0v) is 13.1. The predicted octanol–water partition coefficient (Wildman–Crippen LogP) is 4.11. The highest BCUT2D eigenvalue weighted by Crippen LogP contribution is 2.24. The third-order valence-electron chi connectivity index (χ3n) is 3.29. The van der Waals surface area contributed by atoms with Crippen molar-refractivity contribution in [2.24, 2.45) is 0 Å². The lowest BCUT2D eigenvalue weighted by Gasteiger charge is -2.17. The third kappa shape index (κ3) is 3.67. The second kappa shape index (κ2) is 5.76. The Bertz CT molecular complexity index is 563. The Labute approximate surface area is 122 Å². The molecule has 1 aromatic carbocycles. The number of nitrogens with zero attached hydrogens (tertiary/aromatic N) is 2. The summed E-state index contributed by atoms with van der Waals surface area (Å²) < 4.78 is 0. The molecule has 0 saturated heterocycles. The Morgan fingerprint density at radius 3 is 2.30 bits per heavy atom. The summed E-state index contributed by atoms with van der Waals surface area (Å²) in [6.07, 6.45) is 1.98. The lowest BCUT2D eigenvalue weighted by molar-refractivity contribution is 0.402. The monoisotopic (exact) mass is 268 g/mol. The van der Waals surface area contributed by atoms with E-state index in [2.05, 4.69) is 81.1 Å². The molecule has 0 aliphatic heterocycles. The van der Waals surface area contributed by atoms with Gasteiger partial charge in [-0.05, 0) is 37.4 Å². The molecule has 0 amide bonds. The molecule has 1 heterocycles. The molecule has 2 nitrogen and oxygen atoms in total. The summed E-state index contributed by atoms with van der Waals surface area (Å²) in [5, 5.41) is 0. The van der Waals surface area contributed by atoms with E-state index in [0.29, 0.717) is 0 Å². The van der Waals surface area contributed by atoms with Gasteiger partial charge in [-0.3, -0.25) is 4.98 Å². The van der Waals surface area contributed by atoms with Crippen LogP contribution in [-0.4, -0.2) is 24.0 Å². The molecule has 0 bridgehead atoms. The van der Waals surface area contributed by atoms with Crippen LogP contribution in [0.3, 0.4) is 0 Å². The van der Waals surface area contributed by atoms with Crippen LogP contribution >= 0.6 is 0 Å². The van der Waals surface area contributed by atoms with Gasteiger partial charge >= 0.3 is 0 Å². The van der Waals surface area contributed by atoms with Crippen LogP contribution in [0.1, 0.15) is 32.0 Å². The fourth-order valence-corrected chi connectivity index (χ4v) is 2.22. The number of aromatic nitrogens is 1. The molecule has 106 valence electrons. The van der Waals surface area contributed by atoms with E-state index in [1.54, 1.807) is 0 Å². The summed E-state index contributed by atoms with van der Waals surface area (Å²) in [5.41, 5.74) is 4.97. The molecule has 0 radical (unpaired) electrons. The standard InChI is InChI=1S/C18H24N2/c1-18(2,3)17-10-9-16(12-19-17)15-8-6-7-14(11-15)13-20(4)5/h6-12H,13H2,1-5H3. The van der Waals surface area contributed by atoms with Gasteiger partial charge in [0.15, 0.2) is 0 Å². The molecule has 0 unspecified atom stereocenters. The lowest BCUT2D eigenvalue weighted by atomic mass is 9.91. The Morgan fingerprint density at radius 2 is 1.75 bits per heavy atom. The van der Waals surface area contributed by atoms with Crippen molar-refractivity contribution >= 4 is 0 Å². The van der Waals surface area contributed by atoms with Crippen LogP contribution in [0.25, 0.3) is 11.1 Å². The van der Waals surface area contributed by atoms with Crippen molar-refractivity contribution in [3.05, 3.63) is 53.9 Å². The predicted molar refractivity (Wildman–Crippen MR) is 85.8 cm³/mol. The van der Waals surface area contributed by atoms with Crippen LogP contribution in [0.15, 0.2) is 42.6 Å². The van der Waals surface area contributed by atoms with Crippen LogP contribution in [0.5, 0.6) is 0 Å². The van der Waals surface area contributed by atoms with E-state index in [9.17, 15) is 0 Å². The zero-order valence-electron chi connectivity index (χ0n) is 13.1. The van der Waals surface area contributed by atoms with Crippen LogP contribution in [0, 0.1) is 0 Å². The number of benzene rings is 1. The van der Waals surface area contributed by atoms with Crippen LogP contribution in [0.2, 0.25) is 0 Å². The molecule has 20 heavy (non-hydrogen) atoms. The van der Waals surface area contributed by atoms with E-state index in [1.807, 2.05) is 6.20 Å². The highest BCUT2D eigenvalue weighted by Gasteiger charge is 2.14. The largest absolute Gasteiger partial charge is 0.305 e. The van der Waals surface area contributed by atoms with Crippen molar-refractivity contribution in [1.29, 1.82) is 0 Å². The highest BCUT2D eigenvalue weighted by atomic mass is 15.0. The maximum atomic E-state index is 4.61. The molecule has 0 saturated carbocycles. The van der Waals surface area contributed by atoms with Crippen molar-refractivity contribution in [3.8, 4) is 11.1 Å². The van der Waals surface area contributed by atoms with Gasteiger partial charge < -0.3 is 4.90 Å². The molecule has 2 aromatic rings. The van der Waals surface area contributed by atoms with Crippen LogP contribution in [0.4, 0.5) is 0 Å². The molecule has 0 spiro atoms. The van der Waals surface area contributed by atoms with Gasteiger partial charge in [0, 0.05) is 29.4 Å². The summed E-state index contributed by atoms with van der Waals surface area (Å²) in [5.74, 6) is 0. The molecule has 0 fully saturated rings. The van der Waals surface area contributed by atoms with Crippen molar-refractivity contribution in [1.82, 2.24) is 9.88 Å². The Kier molecular flexibility index (Phi) is 4.24. The van der Waals surface area contributed by atoms with E-state index >= 15 is 0 Å². The van der Waals surface area contributed by atoms with Gasteiger partial charge in [0.1, 0.15) is 0 Å². The topological polar surface area (TPSA) is 16.1 Å². The lowest BCUT2D eigenvalue weighted by Crippen LogP contribution is -2.13. The molecular formula is C18H24N2. The molecule has 2 rings (SSSR count). The summed E-state index contributed by atoms with van der Waals surface area (Å²) in [7, 11) is 4.18. The molecule has 0 atom stereocenters. The maximum absolute atomic E-state index is 4.61. The Hall–Kier alpha value is -1.67. The summed E-state index contributed by atoms with van der Waals surface area (Å²) >= 11 is 0. The SMILES string of the molecule is CN(C)Cc1cccc(-c2ccc(C(C)(C)C)nc2)c1. The van der Waals surface area contributed by atoms with Gasteiger partial charge in [0.25, 0.3) is 0 Å². The van der Waals surface area contributed by atoms with Crippen molar-refractivity contribution in [2.75, 3.05) is 14.1 Å². The van der Waals surface area contributed by atoms with Gasteiger partial charge in [0.05, 0.1) is 0 Å². The maximum Gasteiger partial charge on any atom is 0.0457 e. The first-order chi connectivity index (χ1) is 9.36. The minimum atomic E-state index is 0.102. The van der Waals surface area contributed by atoms with E-state index in [4.69, 9.17) is 0 Å². The average Bonchev–Trinajstić information content (AvgIpc) is 2.37. The number of pyridine rings is 1. The van der Waals surface area contributed by atoms with Crippen molar-refractivity contribution in [3.63, 3.8) is 0 Å². The number of rotatable bonds is 3. The van der Waals surface area contributed by atoms with Gasteiger partial charge in [-0.1, -0.05) is 45.0 Å². The first-order valence-corrected chi connectivity index (χ1v) is 7.07. The van der Waals surface area contributed by atoms with Crippen molar-refractivity contribution < 1.29 is 0 Å². The zero-order chi connectivity index (χ0) is 14.8. The number of hydrogen-bond acceptors (Lipinski definition) is 2. The van der Waals surface area contributed by atoms with Crippen LogP contribution in [-0.2, 0) is 12.0 Å². The fourth-order valence-electron chi connectivity index (χ4n) is 2.22. The van der Waals surface area contributed by atoms with Gasteiger partial charge in [-0.15, -0.1) is 0 Å². The minimum absolute atomic E-state index is 0.102. The van der Waals surface area contributed by atoms with Gasteiger partial charge in [-0.25, -0.2) is 0 Å². The smallest absolute Gasteiger partial charge is 0.0457 e. The normalized spacial score (nSPS) is 11.9. The molecule has 2 heteroatoms. The Morgan fingerprint density at radius 1 is 1.00 bits per heavy atom. The summed E-state index contributed by atoms with van der Waals surface area (Å²) in [4.78, 5) is 6.79. The summed E-state index contributed by atoms with van der Waals surface area (Å²) in [6, 6.07) is 13.0. The minimum Gasteiger partial charge on any atom is -0.305 e. The van der Waals surface area contributed by atoms with Gasteiger partial charge in [0.2, 0.25) is 0 Å². The first-order valence-electron chi connectivity index (χ1n) is 7.07. The molecule has 0 N–H and O–H groups in total. The van der Waals surface area contributed by atoms with Gasteiger partial charge in [-0.2, -0.15) is 0 Å². The second-order valence-electron chi connectivity index (χ2n) is 6.62. The number of hydrogen-bond donors (Lipinski definition) is 0. The first kappa shape index (κ1) is 14.7. The Balaban J connectivity index is 2.28.